The molecule has 3 heterocycles. The van der Waals surface area contributed by atoms with E-state index in [1.807, 2.05) is 6.07 Å². The van der Waals surface area contributed by atoms with Gasteiger partial charge >= 0.3 is 5.63 Å². The number of thiazole rings is 1. The topological polar surface area (TPSA) is 119 Å². The molecular weight excluding hydrogens is 512 g/mol. The van der Waals surface area contributed by atoms with Crippen LogP contribution in [-0.2, 0) is 14.8 Å². The van der Waals surface area contributed by atoms with Crippen LogP contribution in [0.4, 0.5) is 5.69 Å². The molecule has 0 amide bonds. The Kier molecular flexibility index (Phi) is 7.69. The van der Waals surface area contributed by atoms with E-state index in [1.54, 1.807) is 24.3 Å². The molecule has 2 N–H and O–H groups in total. The lowest BCUT2D eigenvalue weighted by atomic mass is 9.84. The molecule has 5 rings (SSSR count). The first-order chi connectivity index (χ1) is 17.9. The molecule has 37 heavy (non-hydrogen) atoms. The molecule has 1 aromatic carbocycles. The Bertz CT molecular complexity index is 1380. The maximum absolute atomic E-state index is 13.3. The zero-order valence-electron chi connectivity index (χ0n) is 20.8. The zero-order valence-corrected chi connectivity index (χ0v) is 22.4. The minimum atomic E-state index is -3.82. The zero-order chi connectivity index (χ0) is 26.0. The third kappa shape index (κ3) is 5.91. The predicted molar refractivity (Wildman–Crippen MR) is 142 cm³/mol. The number of hydrogen-bond acceptors (Lipinski definition) is 8. The Morgan fingerprint density at radius 2 is 1.97 bits per heavy atom. The molecule has 3 aromatic rings. The van der Waals surface area contributed by atoms with Crippen LogP contribution < -0.4 is 10.3 Å². The fourth-order valence-corrected chi connectivity index (χ4v) is 7.19. The van der Waals surface area contributed by atoms with E-state index < -0.39 is 15.6 Å². The molecule has 1 saturated heterocycles. The van der Waals surface area contributed by atoms with Crippen LogP contribution in [0.25, 0.3) is 0 Å². The minimum absolute atomic E-state index is 0.0400. The highest BCUT2D eigenvalue weighted by atomic mass is 32.2. The summed E-state index contributed by atoms with van der Waals surface area (Å²) < 4.78 is 39.2. The van der Waals surface area contributed by atoms with Crippen molar-refractivity contribution in [2.45, 2.75) is 62.3 Å². The second-order valence-electron chi connectivity index (χ2n) is 10.0. The molecule has 1 aliphatic heterocycles. The lowest BCUT2D eigenvalue weighted by Crippen LogP contribution is -2.20. The number of ether oxygens (including phenoxy) is 1. The predicted octanol–water partition coefficient (Wildman–Crippen LogP) is 5.45. The molecule has 1 saturated carbocycles. The second kappa shape index (κ2) is 11.0. The minimum Gasteiger partial charge on any atom is -0.507 e. The summed E-state index contributed by atoms with van der Waals surface area (Å²) in [6.45, 7) is 3.59. The van der Waals surface area contributed by atoms with Crippen LogP contribution in [0.5, 0.6) is 5.75 Å². The first kappa shape index (κ1) is 25.9. The van der Waals surface area contributed by atoms with E-state index in [0.29, 0.717) is 17.4 Å². The van der Waals surface area contributed by atoms with E-state index in [1.165, 1.54) is 22.2 Å². The number of rotatable bonds is 10. The fourth-order valence-electron chi connectivity index (χ4n) is 5.31. The largest absolute Gasteiger partial charge is 0.507 e. The Morgan fingerprint density at radius 3 is 2.62 bits per heavy atom. The highest BCUT2D eigenvalue weighted by molar-refractivity contribution is 7.92. The van der Waals surface area contributed by atoms with Gasteiger partial charge < -0.3 is 14.3 Å². The molecule has 2 aliphatic rings. The summed E-state index contributed by atoms with van der Waals surface area (Å²) in [6, 6.07) is 8.60. The van der Waals surface area contributed by atoms with Crippen molar-refractivity contribution < 1.29 is 22.7 Å². The van der Waals surface area contributed by atoms with Crippen LogP contribution in [0.1, 0.15) is 74.2 Å². The summed E-state index contributed by atoms with van der Waals surface area (Å²) >= 11 is 1.20. The molecule has 2 fully saturated rings. The number of nitrogens with one attached hydrogen (secondary N) is 1. The van der Waals surface area contributed by atoms with Crippen LogP contribution in [0.2, 0.25) is 0 Å². The van der Waals surface area contributed by atoms with Crippen molar-refractivity contribution in [1.29, 1.82) is 0 Å². The van der Waals surface area contributed by atoms with Gasteiger partial charge in [0.2, 0.25) is 0 Å². The molecule has 10 heteroatoms. The molecule has 2 atom stereocenters. The van der Waals surface area contributed by atoms with Crippen molar-refractivity contribution >= 4 is 27.0 Å². The Balaban J connectivity index is 1.43. The van der Waals surface area contributed by atoms with E-state index >= 15 is 0 Å². The van der Waals surface area contributed by atoms with Gasteiger partial charge in [0.15, 0.2) is 5.03 Å². The molecule has 198 valence electrons. The van der Waals surface area contributed by atoms with E-state index in [2.05, 4.69) is 16.6 Å². The second-order valence-corrected chi connectivity index (χ2v) is 12.4. The summed E-state index contributed by atoms with van der Waals surface area (Å²) in [5.74, 6) is 0.833. The average Bonchev–Trinajstić information content (AvgIpc) is 3.55. The molecule has 0 radical (unpaired) electrons. The van der Waals surface area contributed by atoms with E-state index in [4.69, 9.17) is 9.15 Å². The molecular formula is C27H32N2O6S2. The van der Waals surface area contributed by atoms with Crippen molar-refractivity contribution in [2.75, 3.05) is 17.9 Å². The van der Waals surface area contributed by atoms with Crippen molar-refractivity contribution in [1.82, 2.24) is 4.98 Å². The van der Waals surface area contributed by atoms with E-state index in [0.717, 1.165) is 57.3 Å². The monoisotopic (exact) mass is 544 g/mol. The number of hydrogen-bond donors (Lipinski definition) is 2. The van der Waals surface area contributed by atoms with Gasteiger partial charge in [-0.25, -0.2) is 9.78 Å². The maximum atomic E-state index is 13.3. The van der Waals surface area contributed by atoms with E-state index in [9.17, 15) is 18.3 Å². The summed E-state index contributed by atoms with van der Waals surface area (Å²) in [6.07, 6.45) is 5.54. The molecule has 0 bridgehead atoms. The number of aromatic hydroxyl groups is 1. The van der Waals surface area contributed by atoms with Gasteiger partial charge in [-0.15, -0.1) is 11.3 Å². The van der Waals surface area contributed by atoms with Gasteiger partial charge in [0, 0.05) is 42.2 Å². The first-order valence-corrected chi connectivity index (χ1v) is 15.2. The van der Waals surface area contributed by atoms with Crippen molar-refractivity contribution in [3.63, 3.8) is 0 Å². The first-order valence-electron chi connectivity index (χ1n) is 12.8. The Morgan fingerprint density at radius 1 is 1.19 bits per heavy atom. The summed E-state index contributed by atoms with van der Waals surface area (Å²) in [5.41, 5.74) is 2.31. The standard InChI is InChI=1S/C27H32N2O6S2/c1-2-18(12-17-8-10-34-11-9-17)23-14-22(30)26(27(31)35-23)25(19-6-7-19)20-4-3-5-21(13-20)29-37(32,33)24-15-36-16-28-24/h3-5,13-19,25,29-30H,2,6-12H2,1H3. The van der Waals surface area contributed by atoms with Gasteiger partial charge in [0.1, 0.15) is 11.5 Å². The normalized spacial score (nSPS) is 18.4. The lowest BCUT2D eigenvalue weighted by molar-refractivity contribution is 0.0606. The highest BCUT2D eigenvalue weighted by Crippen LogP contribution is 2.48. The molecule has 2 unspecified atom stereocenters. The SMILES string of the molecule is CCC(CC1CCOCC1)c1cc(O)c(C(c2cccc(NS(=O)(=O)c3cscn3)c2)C2CC2)c(=O)o1. The number of anilines is 1. The van der Waals surface area contributed by atoms with Gasteiger partial charge in [0.25, 0.3) is 10.0 Å². The van der Waals surface area contributed by atoms with Gasteiger partial charge in [-0.2, -0.15) is 8.42 Å². The molecule has 2 aromatic heterocycles. The maximum Gasteiger partial charge on any atom is 0.343 e. The van der Waals surface area contributed by atoms with Crippen molar-refractivity contribution in [3.05, 3.63) is 68.5 Å². The quantitative estimate of drug-likeness (QED) is 0.348. The van der Waals surface area contributed by atoms with Crippen molar-refractivity contribution in [2.24, 2.45) is 11.8 Å². The number of sulfonamides is 1. The summed E-state index contributed by atoms with van der Waals surface area (Å²) in [5, 5.41) is 12.5. The number of aromatic nitrogens is 1. The van der Waals surface area contributed by atoms with Crippen LogP contribution >= 0.6 is 11.3 Å². The fraction of sp³-hybridized carbons (Fsp3) is 0.481. The Hall–Kier alpha value is -2.69. The third-order valence-corrected chi connectivity index (χ3v) is 9.44. The van der Waals surface area contributed by atoms with Crippen molar-refractivity contribution in [3.8, 4) is 5.75 Å². The summed E-state index contributed by atoms with van der Waals surface area (Å²) in [4.78, 5) is 17.2. The molecule has 8 nitrogen and oxygen atoms in total. The van der Waals surface area contributed by atoms with Crippen LogP contribution in [0.15, 0.2) is 55.5 Å². The smallest absolute Gasteiger partial charge is 0.343 e. The average molecular weight is 545 g/mol. The van der Waals surface area contributed by atoms with Crippen LogP contribution in [0, 0.1) is 11.8 Å². The van der Waals surface area contributed by atoms with Crippen LogP contribution in [0.3, 0.4) is 0 Å². The Labute approximate surface area is 220 Å². The van der Waals surface area contributed by atoms with Crippen LogP contribution in [-0.4, -0.2) is 31.7 Å². The van der Waals surface area contributed by atoms with Gasteiger partial charge in [-0.3, -0.25) is 4.72 Å². The van der Waals surface area contributed by atoms with Gasteiger partial charge in [0.05, 0.1) is 11.1 Å². The highest BCUT2D eigenvalue weighted by Gasteiger charge is 2.38. The third-order valence-electron chi connectivity index (χ3n) is 7.43. The molecule has 0 spiro atoms. The molecule has 1 aliphatic carbocycles. The summed E-state index contributed by atoms with van der Waals surface area (Å²) in [7, 11) is -3.82. The number of nitrogens with zero attached hydrogens (tertiary/aromatic N) is 1. The number of benzene rings is 1. The van der Waals surface area contributed by atoms with Gasteiger partial charge in [-0.05, 0) is 68.1 Å². The van der Waals surface area contributed by atoms with E-state index in [-0.39, 0.29) is 34.1 Å². The van der Waals surface area contributed by atoms with Gasteiger partial charge in [-0.1, -0.05) is 19.1 Å². The lowest BCUT2D eigenvalue weighted by Gasteiger charge is -2.26.